The molecule has 3 heteroatoms. The Labute approximate surface area is 109 Å². The highest BCUT2D eigenvalue weighted by atomic mass is 16.2. The topological polar surface area (TPSA) is 55.1 Å². The van der Waals surface area contributed by atoms with Crippen molar-refractivity contribution in [2.24, 2.45) is 11.1 Å². The van der Waals surface area contributed by atoms with Crippen molar-refractivity contribution in [2.75, 3.05) is 6.54 Å². The first kappa shape index (κ1) is 13.1. The van der Waals surface area contributed by atoms with Crippen LogP contribution in [-0.2, 0) is 4.79 Å². The first-order valence-corrected chi connectivity index (χ1v) is 6.77. The molecule has 0 bridgehead atoms. The Bertz CT molecular complexity index is 398. The van der Waals surface area contributed by atoms with Crippen LogP contribution in [0.1, 0.15) is 44.2 Å². The van der Waals surface area contributed by atoms with Crippen molar-refractivity contribution in [3.05, 3.63) is 35.9 Å². The molecule has 1 amide bonds. The van der Waals surface area contributed by atoms with Gasteiger partial charge in [0, 0.05) is 18.0 Å². The van der Waals surface area contributed by atoms with Crippen molar-refractivity contribution in [3.63, 3.8) is 0 Å². The highest BCUT2D eigenvalue weighted by Crippen LogP contribution is 2.49. The molecule has 1 aliphatic carbocycles. The Kier molecular flexibility index (Phi) is 4.02. The SMILES string of the molecule is CCCC1(C(=O)NCC(N)c2ccccc2)CC1. The molecule has 1 fully saturated rings. The van der Waals surface area contributed by atoms with Crippen LogP contribution in [0.5, 0.6) is 0 Å². The minimum absolute atomic E-state index is 0.0643. The molecule has 3 N–H and O–H groups in total. The van der Waals surface area contributed by atoms with E-state index < -0.39 is 0 Å². The predicted octanol–water partition coefficient (Wildman–Crippen LogP) is 2.38. The molecule has 0 spiro atoms. The average molecular weight is 246 g/mol. The van der Waals surface area contributed by atoms with Crippen LogP contribution in [0.25, 0.3) is 0 Å². The Morgan fingerprint density at radius 3 is 2.61 bits per heavy atom. The molecule has 3 nitrogen and oxygen atoms in total. The third-order valence-corrected chi connectivity index (χ3v) is 3.77. The van der Waals surface area contributed by atoms with Gasteiger partial charge < -0.3 is 11.1 Å². The number of benzene rings is 1. The Morgan fingerprint density at radius 1 is 1.39 bits per heavy atom. The molecular formula is C15H22N2O. The third-order valence-electron chi connectivity index (χ3n) is 3.77. The van der Waals surface area contributed by atoms with Crippen molar-refractivity contribution in [3.8, 4) is 0 Å². The van der Waals surface area contributed by atoms with Gasteiger partial charge in [0.1, 0.15) is 0 Å². The largest absolute Gasteiger partial charge is 0.354 e. The summed E-state index contributed by atoms with van der Waals surface area (Å²) < 4.78 is 0. The van der Waals surface area contributed by atoms with Gasteiger partial charge in [0.15, 0.2) is 0 Å². The van der Waals surface area contributed by atoms with E-state index in [2.05, 4.69) is 12.2 Å². The summed E-state index contributed by atoms with van der Waals surface area (Å²) in [6.45, 7) is 2.65. The summed E-state index contributed by atoms with van der Waals surface area (Å²) in [5.74, 6) is 0.190. The van der Waals surface area contributed by atoms with Gasteiger partial charge in [0.05, 0.1) is 0 Å². The second-order valence-corrected chi connectivity index (χ2v) is 5.26. The van der Waals surface area contributed by atoms with Gasteiger partial charge in [-0.1, -0.05) is 43.7 Å². The number of rotatable bonds is 6. The molecular weight excluding hydrogens is 224 g/mol. The van der Waals surface area contributed by atoms with E-state index in [-0.39, 0.29) is 17.4 Å². The van der Waals surface area contributed by atoms with Gasteiger partial charge in [-0.2, -0.15) is 0 Å². The summed E-state index contributed by atoms with van der Waals surface area (Å²) in [4.78, 5) is 12.1. The van der Waals surface area contributed by atoms with Crippen molar-refractivity contribution in [1.82, 2.24) is 5.32 Å². The molecule has 0 radical (unpaired) electrons. The summed E-state index contributed by atoms with van der Waals surface area (Å²) in [5.41, 5.74) is 7.07. The number of carbonyl (C=O) groups is 1. The number of hydrogen-bond acceptors (Lipinski definition) is 2. The first-order chi connectivity index (χ1) is 8.68. The van der Waals surface area contributed by atoms with E-state index in [1.165, 1.54) is 0 Å². The van der Waals surface area contributed by atoms with Gasteiger partial charge in [0.25, 0.3) is 0 Å². The fourth-order valence-electron chi connectivity index (χ4n) is 2.43. The minimum atomic E-state index is -0.118. The molecule has 0 aliphatic heterocycles. The highest BCUT2D eigenvalue weighted by Gasteiger charge is 2.48. The molecule has 1 aromatic carbocycles. The first-order valence-electron chi connectivity index (χ1n) is 6.77. The molecule has 1 aromatic rings. The Balaban J connectivity index is 1.83. The van der Waals surface area contributed by atoms with Crippen LogP contribution in [0.4, 0.5) is 0 Å². The van der Waals surface area contributed by atoms with E-state index in [1.807, 2.05) is 30.3 Å². The predicted molar refractivity (Wildman–Crippen MR) is 73.0 cm³/mol. The molecule has 0 aromatic heterocycles. The van der Waals surface area contributed by atoms with Gasteiger partial charge in [-0.25, -0.2) is 0 Å². The van der Waals surface area contributed by atoms with Crippen LogP contribution in [0, 0.1) is 5.41 Å². The van der Waals surface area contributed by atoms with Crippen LogP contribution < -0.4 is 11.1 Å². The Hall–Kier alpha value is -1.35. The van der Waals surface area contributed by atoms with Crippen molar-refractivity contribution < 1.29 is 4.79 Å². The number of nitrogens with one attached hydrogen (secondary N) is 1. The van der Waals surface area contributed by atoms with E-state index in [1.54, 1.807) is 0 Å². The van der Waals surface area contributed by atoms with E-state index in [0.717, 1.165) is 31.2 Å². The van der Waals surface area contributed by atoms with Gasteiger partial charge in [-0.05, 0) is 24.8 Å². The lowest BCUT2D eigenvalue weighted by Crippen LogP contribution is -2.37. The Morgan fingerprint density at radius 2 is 2.06 bits per heavy atom. The zero-order valence-corrected chi connectivity index (χ0v) is 11.0. The van der Waals surface area contributed by atoms with Gasteiger partial charge in [0.2, 0.25) is 5.91 Å². The second-order valence-electron chi connectivity index (χ2n) is 5.26. The fraction of sp³-hybridized carbons (Fsp3) is 0.533. The number of nitrogens with two attached hydrogens (primary N) is 1. The second kappa shape index (κ2) is 5.53. The zero-order valence-electron chi connectivity index (χ0n) is 11.0. The van der Waals surface area contributed by atoms with Crippen molar-refractivity contribution in [2.45, 2.75) is 38.6 Å². The number of hydrogen-bond donors (Lipinski definition) is 2. The summed E-state index contributed by atoms with van der Waals surface area (Å²) in [6, 6.07) is 9.78. The standard InChI is InChI=1S/C15H22N2O/c1-2-8-15(9-10-15)14(18)17-11-13(16)12-6-4-3-5-7-12/h3-7,13H,2,8-11,16H2,1H3,(H,17,18). The quantitative estimate of drug-likeness (QED) is 0.809. The van der Waals surface area contributed by atoms with Crippen LogP contribution in [-0.4, -0.2) is 12.5 Å². The molecule has 0 heterocycles. The van der Waals surface area contributed by atoms with Crippen LogP contribution in [0.3, 0.4) is 0 Å². The average Bonchev–Trinajstić information content (AvgIpc) is 3.18. The normalized spacial score (nSPS) is 18.1. The lowest BCUT2D eigenvalue weighted by molar-refractivity contribution is -0.126. The van der Waals surface area contributed by atoms with Gasteiger partial charge in [-0.15, -0.1) is 0 Å². The molecule has 1 atom stereocenters. The molecule has 1 saturated carbocycles. The monoisotopic (exact) mass is 246 g/mol. The molecule has 2 rings (SSSR count). The summed E-state index contributed by atoms with van der Waals surface area (Å²) >= 11 is 0. The van der Waals surface area contributed by atoms with E-state index in [4.69, 9.17) is 5.73 Å². The maximum Gasteiger partial charge on any atom is 0.226 e. The van der Waals surface area contributed by atoms with Crippen LogP contribution in [0.15, 0.2) is 30.3 Å². The molecule has 1 unspecified atom stereocenters. The summed E-state index contributed by atoms with van der Waals surface area (Å²) in [5, 5.41) is 3.00. The van der Waals surface area contributed by atoms with Gasteiger partial charge >= 0.3 is 0 Å². The lowest BCUT2D eigenvalue weighted by Gasteiger charge is -2.17. The van der Waals surface area contributed by atoms with Crippen LogP contribution >= 0.6 is 0 Å². The maximum absolute atomic E-state index is 12.1. The van der Waals surface area contributed by atoms with E-state index in [0.29, 0.717) is 6.54 Å². The van der Waals surface area contributed by atoms with Crippen molar-refractivity contribution in [1.29, 1.82) is 0 Å². The maximum atomic E-state index is 12.1. The van der Waals surface area contributed by atoms with Crippen molar-refractivity contribution >= 4 is 5.91 Å². The fourth-order valence-corrected chi connectivity index (χ4v) is 2.43. The smallest absolute Gasteiger partial charge is 0.226 e. The third kappa shape index (κ3) is 2.91. The summed E-state index contributed by atoms with van der Waals surface area (Å²) in [7, 11) is 0. The summed E-state index contributed by atoms with van der Waals surface area (Å²) in [6.07, 6.45) is 4.14. The van der Waals surface area contributed by atoms with Gasteiger partial charge in [-0.3, -0.25) is 4.79 Å². The molecule has 18 heavy (non-hydrogen) atoms. The lowest BCUT2D eigenvalue weighted by atomic mass is 9.99. The molecule has 1 aliphatic rings. The molecule has 98 valence electrons. The van der Waals surface area contributed by atoms with Crippen LogP contribution in [0.2, 0.25) is 0 Å². The highest BCUT2D eigenvalue weighted by molar-refractivity contribution is 5.85. The van der Waals surface area contributed by atoms with E-state index in [9.17, 15) is 4.79 Å². The van der Waals surface area contributed by atoms with E-state index >= 15 is 0 Å². The minimum Gasteiger partial charge on any atom is -0.354 e. The number of amides is 1. The molecule has 0 saturated heterocycles. The zero-order chi connectivity index (χ0) is 13.0. The number of carbonyl (C=O) groups excluding carboxylic acids is 1.